The molecule has 2 aliphatic heterocycles. The number of ether oxygens (including phenoxy) is 2. The summed E-state index contributed by atoms with van der Waals surface area (Å²) in [4.78, 5) is 10.9. The van der Waals surface area contributed by atoms with Gasteiger partial charge in [0.2, 0.25) is 5.88 Å². The van der Waals surface area contributed by atoms with E-state index in [1.807, 2.05) is 0 Å². The van der Waals surface area contributed by atoms with Crippen LogP contribution in [0.3, 0.4) is 0 Å². The largest absolute Gasteiger partial charge is 0.437 e. The van der Waals surface area contributed by atoms with E-state index < -0.39 is 0 Å². The molecule has 26 heavy (non-hydrogen) atoms. The molecule has 1 spiro atoms. The molecule has 2 aromatic rings. The van der Waals surface area contributed by atoms with E-state index in [4.69, 9.17) is 9.47 Å². The van der Waals surface area contributed by atoms with Crippen LogP contribution in [0, 0.1) is 5.82 Å². The third-order valence-electron chi connectivity index (χ3n) is 4.75. The van der Waals surface area contributed by atoms with E-state index in [2.05, 4.69) is 20.2 Å². The topological polar surface area (TPSA) is 59.5 Å². The van der Waals surface area contributed by atoms with Crippen LogP contribution in [0.5, 0.6) is 11.6 Å². The summed E-state index contributed by atoms with van der Waals surface area (Å²) in [6.45, 7) is 4.34. The lowest BCUT2D eigenvalue weighted by molar-refractivity contribution is -0.0800. The molecule has 0 radical (unpaired) electrons. The first-order valence-corrected chi connectivity index (χ1v) is 8.58. The molecular formula is C18H22ClFN4O2. The fourth-order valence-electron chi connectivity index (χ4n) is 3.36. The molecule has 0 unspecified atom stereocenters. The Morgan fingerprint density at radius 2 is 2.08 bits per heavy atom. The first-order valence-electron chi connectivity index (χ1n) is 8.58. The zero-order valence-corrected chi connectivity index (χ0v) is 15.2. The van der Waals surface area contributed by atoms with Gasteiger partial charge in [0.25, 0.3) is 0 Å². The van der Waals surface area contributed by atoms with Gasteiger partial charge in [0.05, 0.1) is 24.6 Å². The molecule has 0 bridgehead atoms. The van der Waals surface area contributed by atoms with Gasteiger partial charge in [-0.15, -0.1) is 12.4 Å². The van der Waals surface area contributed by atoms with Crippen LogP contribution in [0.1, 0.15) is 12.8 Å². The minimum Gasteiger partial charge on any atom is -0.437 e. The van der Waals surface area contributed by atoms with Crippen molar-refractivity contribution >= 4 is 18.2 Å². The molecule has 140 valence electrons. The van der Waals surface area contributed by atoms with Gasteiger partial charge >= 0.3 is 0 Å². The number of piperidine rings is 1. The monoisotopic (exact) mass is 380 g/mol. The molecule has 2 fully saturated rings. The summed E-state index contributed by atoms with van der Waals surface area (Å²) in [6.07, 6.45) is 5.18. The molecule has 1 aromatic heterocycles. The standard InChI is InChI=1S/C18H21FN4O2.ClH/c19-14-2-1-3-15(10-14)25-17-12-21-11-16(22-17)23-7-4-18(5-8-23)13-20-6-9-24-18;/h1-3,10-12,20H,4-9,13H2;1H. The van der Waals surface area contributed by atoms with Gasteiger partial charge < -0.3 is 19.7 Å². The summed E-state index contributed by atoms with van der Waals surface area (Å²) < 4.78 is 24.9. The van der Waals surface area contributed by atoms with Gasteiger partial charge in [-0.05, 0) is 25.0 Å². The first-order chi connectivity index (χ1) is 12.2. The fourth-order valence-corrected chi connectivity index (χ4v) is 3.36. The molecule has 1 aromatic carbocycles. The van der Waals surface area contributed by atoms with Crippen LogP contribution in [-0.4, -0.2) is 48.4 Å². The Bertz CT molecular complexity index is 733. The van der Waals surface area contributed by atoms with E-state index in [1.54, 1.807) is 18.3 Å². The number of hydrogen-bond donors (Lipinski definition) is 1. The molecule has 0 amide bonds. The second-order valence-electron chi connectivity index (χ2n) is 6.47. The zero-order valence-electron chi connectivity index (χ0n) is 14.4. The normalized spacial score (nSPS) is 19.0. The van der Waals surface area contributed by atoms with Gasteiger partial charge in [-0.25, -0.2) is 4.39 Å². The third kappa shape index (κ3) is 4.23. The van der Waals surface area contributed by atoms with Gasteiger partial charge in [0, 0.05) is 32.2 Å². The van der Waals surface area contributed by atoms with Crippen LogP contribution in [-0.2, 0) is 4.74 Å². The number of hydrogen-bond acceptors (Lipinski definition) is 6. The fraction of sp³-hybridized carbons (Fsp3) is 0.444. The van der Waals surface area contributed by atoms with Crippen molar-refractivity contribution < 1.29 is 13.9 Å². The van der Waals surface area contributed by atoms with Crippen molar-refractivity contribution in [1.29, 1.82) is 0 Å². The van der Waals surface area contributed by atoms with Crippen LogP contribution < -0.4 is 15.0 Å². The van der Waals surface area contributed by atoms with Crippen LogP contribution >= 0.6 is 12.4 Å². The average molecular weight is 381 g/mol. The van der Waals surface area contributed by atoms with Crippen molar-refractivity contribution in [3.8, 4) is 11.6 Å². The summed E-state index contributed by atoms with van der Waals surface area (Å²) >= 11 is 0. The minimum absolute atomic E-state index is 0. The first kappa shape index (κ1) is 18.8. The van der Waals surface area contributed by atoms with E-state index in [0.717, 1.165) is 51.4 Å². The molecule has 0 aliphatic carbocycles. The molecule has 1 N–H and O–H groups in total. The van der Waals surface area contributed by atoms with E-state index in [1.165, 1.54) is 18.3 Å². The maximum absolute atomic E-state index is 13.3. The Morgan fingerprint density at radius 1 is 1.23 bits per heavy atom. The number of anilines is 1. The highest BCUT2D eigenvalue weighted by Crippen LogP contribution is 2.30. The second kappa shape index (κ2) is 8.16. The number of halogens is 2. The lowest BCUT2D eigenvalue weighted by Gasteiger charge is -2.44. The number of nitrogens with zero attached hydrogens (tertiary/aromatic N) is 3. The molecule has 2 saturated heterocycles. The molecular weight excluding hydrogens is 359 g/mol. The summed E-state index contributed by atoms with van der Waals surface area (Å²) in [6, 6.07) is 5.99. The number of rotatable bonds is 3. The van der Waals surface area contributed by atoms with Gasteiger partial charge in [-0.2, -0.15) is 4.98 Å². The summed E-state index contributed by atoms with van der Waals surface area (Å²) in [7, 11) is 0. The Morgan fingerprint density at radius 3 is 2.81 bits per heavy atom. The lowest BCUT2D eigenvalue weighted by atomic mass is 9.90. The molecule has 0 saturated carbocycles. The van der Waals surface area contributed by atoms with Crippen molar-refractivity contribution in [3.05, 3.63) is 42.5 Å². The Balaban J connectivity index is 0.00000196. The predicted molar refractivity (Wildman–Crippen MR) is 98.8 cm³/mol. The number of aromatic nitrogens is 2. The number of benzene rings is 1. The van der Waals surface area contributed by atoms with E-state index in [0.29, 0.717) is 11.6 Å². The van der Waals surface area contributed by atoms with Crippen molar-refractivity contribution in [1.82, 2.24) is 15.3 Å². The number of morpholine rings is 1. The molecule has 6 nitrogen and oxygen atoms in total. The van der Waals surface area contributed by atoms with Gasteiger partial charge in [-0.1, -0.05) is 6.07 Å². The maximum atomic E-state index is 13.3. The van der Waals surface area contributed by atoms with E-state index >= 15 is 0 Å². The Kier molecular flexibility index (Phi) is 5.90. The molecule has 4 rings (SSSR count). The van der Waals surface area contributed by atoms with Crippen LogP contribution in [0.4, 0.5) is 10.2 Å². The van der Waals surface area contributed by atoms with Crippen LogP contribution in [0.2, 0.25) is 0 Å². The quantitative estimate of drug-likeness (QED) is 0.883. The zero-order chi connectivity index (χ0) is 17.1. The molecule has 0 atom stereocenters. The minimum atomic E-state index is -0.343. The van der Waals surface area contributed by atoms with E-state index in [-0.39, 0.29) is 23.8 Å². The van der Waals surface area contributed by atoms with Crippen molar-refractivity contribution in [3.63, 3.8) is 0 Å². The van der Waals surface area contributed by atoms with E-state index in [9.17, 15) is 4.39 Å². The Hall–Kier alpha value is -1.96. The average Bonchev–Trinajstić information content (AvgIpc) is 2.63. The second-order valence-corrected chi connectivity index (χ2v) is 6.47. The van der Waals surface area contributed by atoms with Crippen molar-refractivity contribution in [2.45, 2.75) is 18.4 Å². The van der Waals surface area contributed by atoms with Crippen molar-refractivity contribution in [2.75, 3.05) is 37.7 Å². The van der Waals surface area contributed by atoms with Gasteiger partial charge in [0.15, 0.2) is 5.82 Å². The third-order valence-corrected chi connectivity index (χ3v) is 4.75. The highest BCUT2D eigenvalue weighted by atomic mass is 35.5. The summed E-state index contributed by atoms with van der Waals surface area (Å²) in [5, 5.41) is 3.42. The van der Waals surface area contributed by atoms with Crippen LogP contribution in [0.25, 0.3) is 0 Å². The Labute approximate surface area is 158 Å². The highest BCUT2D eigenvalue weighted by molar-refractivity contribution is 5.85. The smallest absolute Gasteiger partial charge is 0.239 e. The van der Waals surface area contributed by atoms with Gasteiger partial charge in [-0.3, -0.25) is 4.98 Å². The SMILES string of the molecule is Cl.Fc1cccc(Oc2cncc(N3CCC4(CC3)CNCCO4)n2)c1. The molecule has 2 aliphatic rings. The lowest BCUT2D eigenvalue weighted by Crippen LogP contribution is -2.55. The van der Waals surface area contributed by atoms with Crippen LogP contribution in [0.15, 0.2) is 36.7 Å². The summed E-state index contributed by atoms with van der Waals surface area (Å²) in [5.74, 6) is 1.20. The van der Waals surface area contributed by atoms with Crippen molar-refractivity contribution in [2.24, 2.45) is 0 Å². The molecule has 8 heteroatoms. The maximum Gasteiger partial charge on any atom is 0.239 e. The highest BCUT2D eigenvalue weighted by Gasteiger charge is 2.37. The predicted octanol–water partition coefficient (Wildman–Crippen LogP) is 2.79. The summed E-state index contributed by atoms with van der Waals surface area (Å²) in [5.41, 5.74) is -0.0438. The van der Waals surface area contributed by atoms with Gasteiger partial charge in [0.1, 0.15) is 11.6 Å². The molecule has 3 heterocycles. The number of nitrogens with one attached hydrogen (secondary N) is 1.